The summed E-state index contributed by atoms with van der Waals surface area (Å²) in [6.07, 6.45) is 0.921. The van der Waals surface area contributed by atoms with Gasteiger partial charge in [0, 0.05) is 17.3 Å². The average molecular weight is 324 g/mol. The predicted octanol–water partition coefficient (Wildman–Crippen LogP) is 3.93. The Balaban J connectivity index is 2.76. The zero-order chi connectivity index (χ0) is 14.6. The van der Waals surface area contributed by atoms with Gasteiger partial charge in [-0.3, -0.25) is 4.79 Å². The molecule has 0 aliphatic heterocycles. The Morgan fingerprint density at radius 2 is 1.84 bits per heavy atom. The van der Waals surface area contributed by atoms with Gasteiger partial charge in [-0.1, -0.05) is 19.1 Å². The molecule has 0 atom stereocenters. The minimum Gasteiger partial charge on any atom is -0.266 e. The van der Waals surface area contributed by atoms with Crippen molar-refractivity contribution < 1.29 is 4.79 Å². The summed E-state index contributed by atoms with van der Waals surface area (Å²) in [5, 5.41) is 0. The van der Waals surface area contributed by atoms with Crippen molar-refractivity contribution in [2.24, 2.45) is 0 Å². The predicted molar refractivity (Wildman–Crippen MR) is 80.6 cm³/mol. The molecule has 1 N–H and O–H groups in total. The molecule has 1 rings (SSSR count). The third kappa shape index (κ3) is 4.53. The van der Waals surface area contributed by atoms with Gasteiger partial charge in [0.2, 0.25) is 0 Å². The molecular formula is C13H17Cl3N2O. The first-order chi connectivity index (χ1) is 8.77. The number of benzene rings is 1. The highest BCUT2D eigenvalue weighted by molar-refractivity contribution is 6.45. The molecule has 19 heavy (non-hydrogen) atoms. The molecule has 0 unspecified atom stereocenters. The van der Waals surface area contributed by atoms with Crippen molar-refractivity contribution in [3.8, 4) is 0 Å². The van der Waals surface area contributed by atoms with Crippen LogP contribution in [0, 0.1) is 0 Å². The fourth-order valence-electron chi connectivity index (χ4n) is 1.35. The fourth-order valence-corrected chi connectivity index (χ4v) is 1.76. The minimum absolute atomic E-state index is 0.355. The molecule has 0 saturated carbocycles. The number of amides is 1. The molecular weight excluding hydrogens is 307 g/mol. The van der Waals surface area contributed by atoms with Gasteiger partial charge in [-0.2, -0.15) is 4.53 Å². The molecule has 0 aromatic heterocycles. The lowest BCUT2D eigenvalue weighted by molar-refractivity contribution is 0.0765. The Hall–Kier alpha value is -0.480. The van der Waals surface area contributed by atoms with Gasteiger partial charge in [-0.05, 0) is 38.0 Å². The van der Waals surface area contributed by atoms with E-state index in [9.17, 15) is 4.79 Å². The van der Waals surface area contributed by atoms with Gasteiger partial charge in [-0.15, -0.1) is 23.2 Å². The molecule has 0 bridgehead atoms. The molecule has 106 valence electrons. The monoisotopic (exact) mass is 322 g/mol. The van der Waals surface area contributed by atoms with Crippen molar-refractivity contribution in [1.29, 1.82) is 0 Å². The Morgan fingerprint density at radius 3 is 2.26 bits per heavy atom. The van der Waals surface area contributed by atoms with Crippen molar-refractivity contribution in [3.63, 3.8) is 0 Å². The van der Waals surface area contributed by atoms with Crippen molar-refractivity contribution in [2.45, 2.75) is 37.6 Å². The number of hydrazine groups is 1. The number of nitrogens with zero attached hydrogens (tertiary/aromatic N) is 1. The zero-order valence-corrected chi connectivity index (χ0v) is 13.4. The summed E-state index contributed by atoms with van der Waals surface area (Å²) in [5.41, 5.74) is 3.71. The number of carbonyl (C=O) groups is 1. The highest BCUT2D eigenvalue weighted by atomic mass is 35.5. The third-order valence-corrected chi connectivity index (χ3v) is 4.05. The normalized spacial score (nSPS) is 11.7. The first-order valence-electron chi connectivity index (χ1n) is 5.93. The second kappa shape index (κ2) is 6.80. The van der Waals surface area contributed by atoms with Crippen molar-refractivity contribution in [1.82, 2.24) is 9.95 Å². The maximum atomic E-state index is 12.1. The van der Waals surface area contributed by atoms with Gasteiger partial charge in [0.25, 0.3) is 5.91 Å². The minimum atomic E-state index is -0.718. The van der Waals surface area contributed by atoms with Crippen LogP contribution in [0.5, 0.6) is 0 Å². The zero-order valence-electron chi connectivity index (χ0n) is 11.1. The number of rotatable bonds is 5. The van der Waals surface area contributed by atoms with E-state index in [1.807, 2.05) is 12.1 Å². The Kier molecular flexibility index (Phi) is 5.93. The van der Waals surface area contributed by atoms with E-state index in [0.29, 0.717) is 5.56 Å². The van der Waals surface area contributed by atoms with E-state index >= 15 is 0 Å². The molecule has 1 amide bonds. The van der Waals surface area contributed by atoms with E-state index in [1.165, 1.54) is 0 Å². The summed E-state index contributed by atoms with van der Waals surface area (Å²) < 4.78 is 0.888. The molecule has 0 fully saturated rings. The second-order valence-corrected chi connectivity index (χ2v) is 6.20. The van der Waals surface area contributed by atoms with E-state index in [4.69, 9.17) is 35.0 Å². The van der Waals surface area contributed by atoms with Gasteiger partial charge in [0.1, 0.15) is 4.84 Å². The fraction of sp³-hybridized carbons (Fsp3) is 0.462. The van der Waals surface area contributed by atoms with Gasteiger partial charge in [0.15, 0.2) is 0 Å². The lowest BCUT2D eigenvalue weighted by atomic mass is 10.1. The smallest absolute Gasteiger partial charge is 0.266 e. The standard InChI is InChI=1S/C13H17Cl3N2O/c1-4-9-5-7-10(8-6-9)11(19)18(16)17-13(2,3)12(14)15/h5-8,12,17H,4H2,1-3H3. The molecule has 1 aromatic carbocycles. The summed E-state index contributed by atoms with van der Waals surface area (Å²) in [7, 11) is 0. The van der Waals surface area contributed by atoms with E-state index in [2.05, 4.69) is 12.3 Å². The van der Waals surface area contributed by atoms with Gasteiger partial charge in [-0.25, -0.2) is 5.43 Å². The molecule has 1 aromatic rings. The third-order valence-electron chi connectivity index (χ3n) is 2.72. The molecule has 0 spiro atoms. The Bertz CT molecular complexity index is 432. The summed E-state index contributed by atoms with van der Waals surface area (Å²) in [4.78, 5) is 11.4. The first-order valence-corrected chi connectivity index (χ1v) is 7.14. The number of aryl methyl sites for hydroxylation is 1. The number of carbonyl (C=O) groups excluding carboxylic acids is 1. The lowest BCUT2D eigenvalue weighted by Gasteiger charge is -2.30. The Morgan fingerprint density at radius 1 is 1.32 bits per heavy atom. The van der Waals surface area contributed by atoms with Crippen LogP contribution in [0.3, 0.4) is 0 Å². The first kappa shape index (κ1) is 16.6. The van der Waals surface area contributed by atoms with Crippen LogP contribution in [0.2, 0.25) is 0 Å². The van der Waals surface area contributed by atoms with E-state index < -0.39 is 10.4 Å². The van der Waals surface area contributed by atoms with Crippen molar-refractivity contribution in [2.75, 3.05) is 0 Å². The largest absolute Gasteiger partial charge is 0.283 e. The van der Waals surface area contributed by atoms with E-state index in [0.717, 1.165) is 16.5 Å². The SMILES string of the molecule is CCc1ccc(C(=O)N(Cl)NC(C)(C)C(Cl)Cl)cc1. The van der Waals surface area contributed by atoms with Crippen molar-refractivity contribution >= 4 is 40.9 Å². The molecule has 3 nitrogen and oxygen atoms in total. The highest BCUT2D eigenvalue weighted by Gasteiger charge is 2.30. The number of hydrogen-bond donors (Lipinski definition) is 1. The van der Waals surface area contributed by atoms with Gasteiger partial charge >= 0.3 is 0 Å². The van der Waals surface area contributed by atoms with Crippen LogP contribution in [0.25, 0.3) is 0 Å². The topological polar surface area (TPSA) is 32.3 Å². The number of nitrogens with one attached hydrogen (secondary N) is 1. The van der Waals surface area contributed by atoms with Crippen molar-refractivity contribution in [3.05, 3.63) is 35.4 Å². The van der Waals surface area contributed by atoms with Crippen LogP contribution in [0.1, 0.15) is 36.7 Å². The van der Waals surface area contributed by atoms with Crippen LogP contribution >= 0.6 is 35.0 Å². The van der Waals surface area contributed by atoms with E-state index in [-0.39, 0.29) is 5.91 Å². The average Bonchev–Trinajstić information content (AvgIpc) is 2.37. The molecule has 6 heteroatoms. The molecule has 0 heterocycles. The molecule has 0 radical (unpaired) electrons. The summed E-state index contributed by atoms with van der Waals surface area (Å²) >= 11 is 17.5. The van der Waals surface area contributed by atoms with E-state index in [1.54, 1.807) is 26.0 Å². The molecule has 0 aliphatic rings. The maximum absolute atomic E-state index is 12.1. The number of halogens is 3. The van der Waals surface area contributed by atoms with Crippen LogP contribution in [0.4, 0.5) is 0 Å². The second-order valence-electron chi connectivity index (χ2n) is 4.77. The summed E-state index contributed by atoms with van der Waals surface area (Å²) in [6.45, 7) is 5.55. The van der Waals surface area contributed by atoms with Crippen LogP contribution in [-0.4, -0.2) is 20.8 Å². The summed E-state index contributed by atoms with van der Waals surface area (Å²) in [5.74, 6) is -0.355. The van der Waals surface area contributed by atoms with Crippen LogP contribution in [0.15, 0.2) is 24.3 Å². The molecule has 0 saturated heterocycles. The lowest BCUT2D eigenvalue weighted by Crippen LogP contribution is -2.52. The number of hydrogen-bond acceptors (Lipinski definition) is 2. The maximum Gasteiger partial charge on any atom is 0.283 e. The van der Waals surface area contributed by atoms with Crippen LogP contribution in [-0.2, 0) is 6.42 Å². The van der Waals surface area contributed by atoms with Crippen LogP contribution < -0.4 is 5.43 Å². The quantitative estimate of drug-likeness (QED) is 0.506. The number of alkyl halides is 2. The van der Waals surface area contributed by atoms with Gasteiger partial charge < -0.3 is 0 Å². The summed E-state index contributed by atoms with van der Waals surface area (Å²) in [6, 6.07) is 7.28. The van der Waals surface area contributed by atoms with Gasteiger partial charge in [0.05, 0.1) is 5.54 Å². The Labute approximate surface area is 128 Å². The molecule has 0 aliphatic carbocycles. The highest BCUT2D eigenvalue weighted by Crippen LogP contribution is 2.21.